The van der Waals surface area contributed by atoms with Crippen LogP contribution in [-0.4, -0.2) is 20.1 Å². The van der Waals surface area contributed by atoms with Gasteiger partial charge < -0.3 is 5.32 Å². The first-order valence-corrected chi connectivity index (χ1v) is 6.57. The maximum absolute atomic E-state index is 13.4. The quantitative estimate of drug-likeness (QED) is 0.789. The monoisotopic (exact) mass is 292 g/mol. The largest absolute Gasteiger partial charge is 0.318 e. The van der Waals surface area contributed by atoms with Crippen molar-refractivity contribution in [2.24, 2.45) is 5.14 Å². The van der Waals surface area contributed by atoms with Gasteiger partial charge in [0.15, 0.2) is 0 Å². The summed E-state index contributed by atoms with van der Waals surface area (Å²) < 4.78 is 48.8. The smallest absolute Gasteiger partial charge is 0.291 e. The van der Waals surface area contributed by atoms with E-state index in [1.54, 1.807) is 0 Å². The number of hydrogen-bond acceptors (Lipinski definition) is 4. The van der Waals surface area contributed by atoms with Crippen molar-refractivity contribution in [1.82, 2.24) is 0 Å². The van der Waals surface area contributed by atoms with Crippen LogP contribution in [0.25, 0.3) is 0 Å². The molecule has 3 N–H and O–H groups in total. The normalized spacial score (nSPS) is 11.2. The minimum Gasteiger partial charge on any atom is -0.318 e. The fourth-order valence-electron chi connectivity index (χ4n) is 1.29. The van der Waals surface area contributed by atoms with Gasteiger partial charge in [-0.25, -0.2) is 22.3 Å². The van der Waals surface area contributed by atoms with Gasteiger partial charge in [0, 0.05) is 12.5 Å². The summed E-state index contributed by atoms with van der Waals surface area (Å²) in [6.07, 6.45) is -0.145. The number of nitrogens with two attached hydrogens (primary N) is 1. The van der Waals surface area contributed by atoms with Gasteiger partial charge in [0.25, 0.3) is 5.91 Å². The van der Waals surface area contributed by atoms with E-state index < -0.39 is 43.9 Å². The third-order valence-corrected chi connectivity index (χ3v) is 3.10. The van der Waals surface area contributed by atoms with E-state index >= 15 is 0 Å². The van der Waals surface area contributed by atoms with Crippen LogP contribution < -0.4 is 10.5 Å². The fourth-order valence-corrected chi connectivity index (χ4v) is 2.04. The highest BCUT2D eigenvalue weighted by atomic mass is 32.2. The lowest BCUT2D eigenvalue weighted by atomic mass is 10.2. The molecule has 19 heavy (non-hydrogen) atoms. The summed E-state index contributed by atoms with van der Waals surface area (Å²) >= 11 is 0. The van der Waals surface area contributed by atoms with Gasteiger partial charge >= 0.3 is 0 Å². The topological polar surface area (TPSA) is 106 Å². The Morgan fingerprint density at radius 1 is 1.32 bits per heavy atom. The third-order valence-electron chi connectivity index (χ3n) is 2.12. The lowest BCUT2D eigenvalue weighted by Gasteiger charge is -2.10. The fraction of sp³-hybridized carbons (Fsp3) is 0.200. The number of hydrogen-bond donors (Lipinski definition) is 2. The summed E-state index contributed by atoms with van der Waals surface area (Å²) in [6.45, 7) is 1.40. The van der Waals surface area contributed by atoms with Crippen molar-refractivity contribution < 1.29 is 26.8 Å². The molecule has 1 rings (SSSR count). The molecule has 0 aromatic heterocycles. The minimum atomic E-state index is -4.53. The Kier molecular flexibility index (Phi) is 4.32. The van der Waals surface area contributed by atoms with Gasteiger partial charge in [-0.05, 0) is 6.07 Å². The Labute approximate surface area is 107 Å². The average Bonchev–Trinajstić information content (AvgIpc) is 2.24. The molecule has 0 saturated carbocycles. The van der Waals surface area contributed by atoms with Gasteiger partial charge in [0.05, 0.1) is 5.69 Å². The molecule has 0 bridgehead atoms. The first-order chi connectivity index (χ1) is 8.66. The highest BCUT2D eigenvalue weighted by Gasteiger charge is 2.23. The van der Waals surface area contributed by atoms with Crippen LogP contribution >= 0.6 is 0 Å². The van der Waals surface area contributed by atoms with E-state index in [0.29, 0.717) is 12.1 Å². The minimum absolute atomic E-state index is 0.145. The number of halogens is 2. The second-order valence-electron chi connectivity index (χ2n) is 3.54. The Morgan fingerprint density at radius 2 is 1.89 bits per heavy atom. The SMILES string of the molecule is CCC(=O)C(=O)Nc1cc(F)cc(F)c1S(N)(=O)=O. The van der Waals surface area contributed by atoms with Crippen LogP contribution in [-0.2, 0) is 19.6 Å². The third kappa shape index (κ3) is 3.55. The van der Waals surface area contributed by atoms with Crippen LogP contribution in [0.3, 0.4) is 0 Å². The molecule has 0 saturated heterocycles. The van der Waals surface area contributed by atoms with Gasteiger partial charge in [-0.1, -0.05) is 6.92 Å². The van der Waals surface area contributed by atoms with E-state index in [2.05, 4.69) is 0 Å². The van der Waals surface area contributed by atoms with Crippen LogP contribution in [0, 0.1) is 11.6 Å². The number of anilines is 1. The van der Waals surface area contributed by atoms with E-state index in [0.717, 1.165) is 0 Å². The number of sulfonamides is 1. The van der Waals surface area contributed by atoms with Crippen LogP contribution in [0.15, 0.2) is 17.0 Å². The van der Waals surface area contributed by atoms with Crippen LogP contribution in [0.2, 0.25) is 0 Å². The number of nitrogens with one attached hydrogen (secondary N) is 1. The summed E-state index contributed by atoms with van der Waals surface area (Å²) in [7, 11) is -4.53. The second-order valence-corrected chi connectivity index (χ2v) is 5.04. The first-order valence-electron chi connectivity index (χ1n) is 5.02. The Hall–Kier alpha value is -1.87. The standard InChI is InChI=1S/C10H10F2N2O4S/c1-2-8(15)10(16)14-7-4-5(11)3-6(12)9(7)19(13,17)18/h3-4H,2H2,1H3,(H,14,16)(H2,13,17,18). The molecule has 0 atom stereocenters. The molecule has 1 amide bonds. The van der Waals surface area contributed by atoms with Gasteiger partial charge in [0.2, 0.25) is 15.8 Å². The molecule has 0 aliphatic carbocycles. The van der Waals surface area contributed by atoms with E-state index in [1.165, 1.54) is 6.92 Å². The molecule has 104 valence electrons. The Morgan fingerprint density at radius 3 is 2.37 bits per heavy atom. The molecule has 0 fully saturated rings. The molecule has 1 aromatic rings. The van der Waals surface area contributed by atoms with Crippen LogP contribution in [0.1, 0.15) is 13.3 Å². The number of ketones is 1. The van der Waals surface area contributed by atoms with Gasteiger partial charge in [-0.2, -0.15) is 0 Å². The molecule has 6 nitrogen and oxygen atoms in total. The van der Waals surface area contributed by atoms with E-state index in [4.69, 9.17) is 5.14 Å². The van der Waals surface area contributed by atoms with E-state index in [9.17, 15) is 26.8 Å². The average molecular weight is 292 g/mol. The molecular weight excluding hydrogens is 282 g/mol. The van der Waals surface area contributed by atoms with Gasteiger partial charge in [-0.15, -0.1) is 0 Å². The van der Waals surface area contributed by atoms with Gasteiger partial charge in [-0.3, -0.25) is 9.59 Å². The molecule has 0 aliphatic heterocycles. The molecule has 1 aromatic carbocycles. The number of carbonyl (C=O) groups excluding carboxylic acids is 2. The van der Waals surface area contributed by atoms with Crippen LogP contribution in [0.4, 0.5) is 14.5 Å². The zero-order valence-corrected chi connectivity index (χ0v) is 10.6. The Balaban J connectivity index is 3.35. The number of amides is 1. The zero-order valence-electron chi connectivity index (χ0n) is 9.74. The van der Waals surface area contributed by atoms with Crippen molar-refractivity contribution in [3.8, 4) is 0 Å². The molecule has 0 heterocycles. The van der Waals surface area contributed by atoms with Crippen molar-refractivity contribution in [1.29, 1.82) is 0 Å². The summed E-state index contributed by atoms with van der Waals surface area (Å²) in [5, 5.41) is 6.59. The molecule has 9 heteroatoms. The number of primary sulfonamides is 1. The summed E-state index contributed by atoms with van der Waals surface area (Å²) in [6, 6.07) is 0.862. The maximum atomic E-state index is 13.4. The van der Waals surface area contributed by atoms with Crippen molar-refractivity contribution in [2.75, 3.05) is 5.32 Å². The van der Waals surface area contributed by atoms with Crippen molar-refractivity contribution >= 4 is 27.4 Å². The lowest BCUT2D eigenvalue weighted by Crippen LogP contribution is -2.25. The second kappa shape index (κ2) is 5.41. The van der Waals surface area contributed by atoms with Crippen molar-refractivity contribution in [2.45, 2.75) is 18.2 Å². The van der Waals surface area contributed by atoms with Crippen molar-refractivity contribution in [3.63, 3.8) is 0 Å². The van der Waals surface area contributed by atoms with E-state index in [1.807, 2.05) is 5.32 Å². The summed E-state index contributed by atoms with van der Waals surface area (Å²) in [4.78, 5) is 21.3. The van der Waals surface area contributed by atoms with Gasteiger partial charge in [0.1, 0.15) is 16.5 Å². The first kappa shape index (κ1) is 15.2. The van der Waals surface area contributed by atoms with Crippen LogP contribution in [0.5, 0.6) is 0 Å². The molecule has 0 unspecified atom stereocenters. The molecular formula is C10H10F2N2O4S. The molecule has 0 aliphatic rings. The highest BCUT2D eigenvalue weighted by Crippen LogP contribution is 2.25. The van der Waals surface area contributed by atoms with Crippen molar-refractivity contribution in [3.05, 3.63) is 23.8 Å². The Bertz CT molecular complexity index is 643. The number of Topliss-reactive ketones (excluding diaryl/α,β-unsaturated/α-hetero) is 1. The number of benzene rings is 1. The van der Waals surface area contributed by atoms with E-state index in [-0.39, 0.29) is 6.42 Å². The molecule has 0 spiro atoms. The predicted octanol–water partition coefficient (Wildman–Crippen LogP) is 0.530. The number of carbonyl (C=O) groups is 2. The predicted molar refractivity (Wildman–Crippen MR) is 61.7 cm³/mol. The lowest BCUT2D eigenvalue weighted by molar-refractivity contribution is -0.134. The molecule has 0 radical (unpaired) electrons. The highest BCUT2D eigenvalue weighted by molar-refractivity contribution is 7.89. The summed E-state index contributed by atoms with van der Waals surface area (Å²) in [5.74, 6) is -4.63. The summed E-state index contributed by atoms with van der Waals surface area (Å²) in [5.41, 5.74) is -0.716. The maximum Gasteiger partial charge on any atom is 0.291 e. The zero-order chi connectivity index (χ0) is 14.8. The number of rotatable bonds is 4.